The highest BCUT2D eigenvalue weighted by atomic mass is 31.2. The van der Waals surface area contributed by atoms with Gasteiger partial charge in [0.15, 0.2) is 0 Å². The summed E-state index contributed by atoms with van der Waals surface area (Å²) >= 11 is 0. The van der Waals surface area contributed by atoms with E-state index in [0.29, 0.717) is 11.4 Å². The van der Waals surface area contributed by atoms with Gasteiger partial charge in [0, 0.05) is 0 Å². The molecule has 0 radical (unpaired) electrons. The van der Waals surface area contributed by atoms with Crippen LogP contribution in [0.1, 0.15) is 20.8 Å². The fraction of sp³-hybridized carbons (Fsp3) is 0.350. The number of esters is 1. The maximum Gasteiger partial charge on any atom is 0.513 e. The average molecular weight is 439 g/mol. The SMILES string of the molecule is CON(C[OH2+])c1ccc(O[P@@](=O)(N[C@@H](C)C(=O)OC(C)C)Oc2ccccc2)cc1. The van der Waals surface area contributed by atoms with Gasteiger partial charge in [0.2, 0.25) is 6.73 Å². The lowest BCUT2D eigenvalue weighted by Gasteiger charge is -2.24. The summed E-state index contributed by atoms with van der Waals surface area (Å²) in [6.07, 6.45) is -0.314. The highest BCUT2D eigenvalue weighted by Crippen LogP contribution is 2.45. The van der Waals surface area contributed by atoms with Crippen molar-refractivity contribution in [2.45, 2.75) is 32.9 Å². The third-order valence-corrected chi connectivity index (χ3v) is 5.35. The molecule has 0 aliphatic carbocycles. The minimum absolute atomic E-state index is 0.0939. The Kier molecular flexibility index (Phi) is 8.68. The fourth-order valence-electron chi connectivity index (χ4n) is 2.39. The van der Waals surface area contributed by atoms with Crippen molar-refractivity contribution in [3.63, 3.8) is 0 Å². The van der Waals surface area contributed by atoms with Crippen LogP contribution in [0.2, 0.25) is 0 Å². The number of nitrogens with zero attached hydrogens (tertiary/aromatic N) is 1. The lowest BCUT2D eigenvalue weighted by atomic mass is 10.3. The molecule has 0 heterocycles. The zero-order valence-corrected chi connectivity index (χ0v) is 18.3. The van der Waals surface area contributed by atoms with Gasteiger partial charge >= 0.3 is 13.7 Å². The number of hydroxylamine groups is 1. The molecular formula is C20H28N2O7P+. The number of benzene rings is 2. The van der Waals surface area contributed by atoms with E-state index in [1.807, 2.05) is 0 Å². The van der Waals surface area contributed by atoms with Crippen LogP contribution in [0.25, 0.3) is 0 Å². The second kappa shape index (κ2) is 11.0. The number of carbonyl (C=O) groups is 1. The van der Waals surface area contributed by atoms with Gasteiger partial charge < -0.3 is 18.9 Å². The minimum Gasteiger partial charge on any atom is -0.462 e. The molecule has 2 rings (SSSR count). The molecule has 2 atom stereocenters. The molecule has 30 heavy (non-hydrogen) atoms. The number of ether oxygens (including phenoxy) is 1. The van der Waals surface area contributed by atoms with Crippen LogP contribution in [-0.2, 0) is 18.9 Å². The lowest BCUT2D eigenvalue weighted by molar-refractivity contribution is -0.149. The van der Waals surface area contributed by atoms with Gasteiger partial charge in [-0.15, -0.1) is 0 Å². The third-order valence-electron chi connectivity index (χ3n) is 3.74. The van der Waals surface area contributed by atoms with Crippen LogP contribution >= 0.6 is 7.75 Å². The summed E-state index contributed by atoms with van der Waals surface area (Å²) in [6, 6.07) is 14.0. The van der Waals surface area contributed by atoms with Crippen LogP contribution in [0.5, 0.6) is 11.5 Å². The fourth-order valence-corrected chi connectivity index (χ4v) is 3.91. The Balaban J connectivity index is 2.22. The van der Waals surface area contributed by atoms with Gasteiger partial charge in [0.1, 0.15) is 17.5 Å². The smallest absolute Gasteiger partial charge is 0.462 e. The number of hydrogen-bond donors (Lipinski definition) is 1. The molecule has 0 unspecified atom stereocenters. The zero-order chi connectivity index (χ0) is 22.1. The van der Waals surface area contributed by atoms with E-state index < -0.39 is 19.8 Å². The molecule has 9 nitrogen and oxygen atoms in total. The molecule has 0 saturated carbocycles. The topological polar surface area (TPSA) is 109 Å². The van der Waals surface area contributed by atoms with E-state index in [-0.39, 0.29) is 18.6 Å². The summed E-state index contributed by atoms with van der Waals surface area (Å²) in [5.41, 5.74) is 0.625. The van der Waals surface area contributed by atoms with Crippen molar-refractivity contribution in [3.8, 4) is 11.5 Å². The molecule has 0 aliphatic rings. The van der Waals surface area contributed by atoms with Crippen molar-refractivity contribution in [2.24, 2.45) is 0 Å². The molecule has 2 aromatic rings. The van der Waals surface area contributed by atoms with Crippen LogP contribution in [0.3, 0.4) is 0 Å². The second-order valence-electron chi connectivity index (χ2n) is 6.54. The minimum atomic E-state index is -4.00. The van der Waals surface area contributed by atoms with E-state index in [2.05, 4.69) is 5.09 Å². The number of para-hydroxylation sites is 1. The van der Waals surface area contributed by atoms with Crippen molar-refractivity contribution < 1.29 is 33.1 Å². The molecule has 0 saturated heterocycles. The van der Waals surface area contributed by atoms with Crippen LogP contribution in [-0.4, -0.2) is 37.1 Å². The first-order valence-corrected chi connectivity index (χ1v) is 10.9. The number of rotatable bonds is 11. The molecule has 0 aromatic heterocycles. The normalized spacial score (nSPS) is 13.9. The average Bonchev–Trinajstić information content (AvgIpc) is 2.70. The highest BCUT2D eigenvalue weighted by Gasteiger charge is 2.34. The number of nitrogens with one attached hydrogen (secondary N) is 1. The van der Waals surface area contributed by atoms with E-state index >= 15 is 0 Å². The predicted molar refractivity (Wildman–Crippen MR) is 114 cm³/mol. The molecule has 3 N–H and O–H groups in total. The van der Waals surface area contributed by atoms with Crippen LogP contribution in [0, 0.1) is 0 Å². The van der Waals surface area contributed by atoms with Gasteiger partial charge in [-0.3, -0.25) is 9.63 Å². The second-order valence-corrected chi connectivity index (χ2v) is 8.16. The summed E-state index contributed by atoms with van der Waals surface area (Å²) in [5, 5.41) is 11.4. The summed E-state index contributed by atoms with van der Waals surface area (Å²) in [6.45, 7) is 4.87. The van der Waals surface area contributed by atoms with Crippen molar-refractivity contribution >= 4 is 19.4 Å². The largest absolute Gasteiger partial charge is 0.513 e. The van der Waals surface area contributed by atoms with Crippen molar-refractivity contribution in [3.05, 3.63) is 54.6 Å². The zero-order valence-electron chi connectivity index (χ0n) is 17.4. The van der Waals surface area contributed by atoms with Gasteiger partial charge in [-0.05, 0) is 57.2 Å². The summed E-state index contributed by atoms with van der Waals surface area (Å²) < 4.78 is 29.9. The van der Waals surface area contributed by atoms with Crippen LogP contribution in [0.15, 0.2) is 54.6 Å². The number of anilines is 1. The molecule has 164 valence electrons. The Morgan fingerprint density at radius 3 is 2.10 bits per heavy atom. The Hall–Kier alpha value is -2.58. The standard InChI is InChI=1S/C20H27N2O7P/c1-15(2)27-20(24)16(3)21-30(25,28-18-8-6-5-7-9-18)29-19-12-10-17(11-13-19)22(14-23)26-4/h5-13,15-16,23H,14H2,1-4H3,(H,21,25)/p+1/t16-,30+/m0/s1. The van der Waals surface area contributed by atoms with E-state index in [1.54, 1.807) is 68.4 Å². The first-order chi connectivity index (χ1) is 14.3. The number of carbonyl (C=O) groups excluding carboxylic acids is 1. The molecule has 10 heteroatoms. The van der Waals surface area contributed by atoms with E-state index in [1.165, 1.54) is 19.1 Å². The maximum atomic E-state index is 13.5. The summed E-state index contributed by atoms with van der Waals surface area (Å²) in [7, 11) is -2.54. The quantitative estimate of drug-likeness (QED) is 0.187. The summed E-state index contributed by atoms with van der Waals surface area (Å²) in [5.74, 6) is -0.0165. The monoisotopic (exact) mass is 439 g/mol. The maximum absolute atomic E-state index is 13.5. The predicted octanol–water partition coefficient (Wildman–Crippen LogP) is 3.23. The van der Waals surface area contributed by atoms with E-state index in [4.69, 9.17) is 23.7 Å². The molecule has 0 spiro atoms. The first kappa shape index (κ1) is 23.7. The van der Waals surface area contributed by atoms with Gasteiger partial charge in [0.25, 0.3) is 0 Å². The Bertz CT molecular complexity index is 842. The first-order valence-electron chi connectivity index (χ1n) is 9.35. The lowest BCUT2D eigenvalue weighted by Crippen LogP contribution is -2.36. The van der Waals surface area contributed by atoms with E-state index in [0.717, 1.165) is 0 Å². The van der Waals surface area contributed by atoms with Gasteiger partial charge in [-0.25, -0.2) is 4.57 Å². The Labute approximate surface area is 176 Å². The number of hydrogen-bond acceptors (Lipinski definition) is 7. The molecule has 0 fully saturated rings. The van der Waals surface area contributed by atoms with Gasteiger partial charge in [0.05, 0.1) is 18.9 Å². The molecule has 0 aliphatic heterocycles. The third kappa shape index (κ3) is 7.03. The van der Waals surface area contributed by atoms with Gasteiger partial charge in [-0.2, -0.15) is 10.2 Å². The van der Waals surface area contributed by atoms with Crippen molar-refractivity contribution in [1.82, 2.24) is 5.09 Å². The molecule has 0 amide bonds. The van der Waals surface area contributed by atoms with Gasteiger partial charge in [-0.1, -0.05) is 18.2 Å². The molecular weight excluding hydrogens is 411 g/mol. The van der Waals surface area contributed by atoms with Crippen LogP contribution in [0.4, 0.5) is 5.69 Å². The summed E-state index contributed by atoms with van der Waals surface area (Å²) in [4.78, 5) is 17.2. The van der Waals surface area contributed by atoms with Crippen molar-refractivity contribution in [1.29, 1.82) is 0 Å². The Morgan fingerprint density at radius 2 is 1.60 bits per heavy atom. The molecule has 0 bridgehead atoms. The van der Waals surface area contributed by atoms with Crippen molar-refractivity contribution in [2.75, 3.05) is 18.9 Å². The Morgan fingerprint density at radius 1 is 1.03 bits per heavy atom. The molecule has 2 aromatic carbocycles. The van der Waals surface area contributed by atoms with E-state index in [9.17, 15) is 9.36 Å². The van der Waals surface area contributed by atoms with Crippen LogP contribution < -0.4 is 19.2 Å². The highest BCUT2D eigenvalue weighted by molar-refractivity contribution is 7.52.